The molecule has 0 atom stereocenters. The van der Waals surface area contributed by atoms with Gasteiger partial charge < -0.3 is 4.42 Å². The van der Waals surface area contributed by atoms with Gasteiger partial charge in [0, 0.05) is 0 Å². The van der Waals surface area contributed by atoms with Gasteiger partial charge in [-0.2, -0.15) is 18.3 Å². The number of benzene rings is 2. The second-order valence-electron chi connectivity index (χ2n) is 6.43. The lowest BCUT2D eigenvalue weighted by Gasteiger charge is -2.11. The summed E-state index contributed by atoms with van der Waals surface area (Å²) in [4.78, 5) is 0.0458. The van der Waals surface area contributed by atoms with E-state index in [0.29, 0.717) is 17.0 Å². The highest BCUT2D eigenvalue weighted by Gasteiger charge is 2.31. The van der Waals surface area contributed by atoms with E-state index in [0.717, 1.165) is 18.2 Å². The predicted molar refractivity (Wildman–Crippen MR) is 111 cm³/mol. The smallest absolute Gasteiger partial charge is 0.416 e. The quantitative estimate of drug-likeness (QED) is 0.363. The highest BCUT2D eigenvalue weighted by atomic mass is 35.5. The maximum absolute atomic E-state index is 12.9. The zero-order valence-corrected chi connectivity index (χ0v) is 17.6. The Morgan fingerprint density at radius 2 is 1.84 bits per heavy atom. The lowest BCUT2D eigenvalue weighted by Crippen LogP contribution is -2.23. The Hall–Kier alpha value is -2.82. The number of hydrogen-bond donors (Lipinski definition) is 2. The van der Waals surface area contributed by atoms with Crippen LogP contribution in [0.15, 0.2) is 75.3 Å². The zero-order valence-electron chi connectivity index (χ0n) is 16.1. The van der Waals surface area contributed by atoms with Crippen LogP contribution in [0.4, 0.5) is 18.9 Å². The Balaban J connectivity index is 1.71. The summed E-state index contributed by atoms with van der Waals surface area (Å²) in [5, 5.41) is 4.13. The van der Waals surface area contributed by atoms with Crippen LogP contribution in [0.25, 0.3) is 0 Å². The van der Waals surface area contributed by atoms with Crippen molar-refractivity contribution in [2.75, 3.05) is 5.43 Å². The summed E-state index contributed by atoms with van der Waals surface area (Å²) in [7, 11) is -3.75. The normalized spacial score (nSPS) is 12.7. The molecule has 3 rings (SSSR count). The van der Waals surface area contributed by atoms with E-state index in [9.17, 15) is 21.6 Å². The number of nitrogens with one attached hydrogen (secondary N) is 2. The van der Waals surface area contributed by atoms with Crippen LogP contribution in [0.1, 0.15) is 23.8 Å². The molecule has 0 aliphatic rings. The Morgan fingerprint density at radius 3 is 2.45 bits per heavy atom. The van der Waals surface area contributed by atoms with E-state index in [1.165, 1.54) is 30.5 Å². The molecule has 1 heterocycles. The zero-order chi connectivity index (χ0) is 22.6. The fraction of sp³-hybridized carbons (Fsp3) is 0.150. The van der Waals surface area contributed by atoms with Gasteiger partial charge in [0.1, 0.15) is 5.76 Å². The first kappa shape index (κ1) is 22.9. The molecule has 0 saturated heterocycles. The third kappa shape index (κ3) is 5.87. The topological polar surface area (TPSA) is 83.7 Å². The summed E-state index contributed by atoms with van der Waals surface area (Å²) in [5.74, 6) is 0.475. The van der Waals surface area contributed by atoms with E-state index < -0.39 is 21.8 Å². The number of furan rings is 1. The molecule has 0 radical (unpaired) electrons. The van der Waals surface area contributed by atoms with Crippen LogP contribution in [-0.2, 0) is 22.7 Å². The number of hydrazone groups is 1. The number of hydrogen-bond acceptors (Lipinski definition) is 5. The van der Waals surface area contributed by atoms with Gasteiger partial charge in [-0.15, -0.1) is 0 Å². The number of anilines is 1. The molecule has 2 N–H and O–H groups in total. The van der Waals surface area contributed by atoms with Crippen molar-refractivity contribution >= 4 is 33.0 Å². The molecule has 31 heavy (non-hydrogen) atoms. The van der Waals surface area contributed by atoms with Gasteiger partial charge in [0.15, 0.2) is 0 Å². The van der Waals surface area contributed by atoms with Gasteiger partial charge in [0.2, 0.25) is 10.0 Å². The average Bonchev–Trinajstić information content (AvgIpc) is 3.24. The van der Waals surface area contributed by atoms with Gasteiger partial charge in [0.05, 0.1) is 39.7 Å². The van der Waals surface area contributed by atoms with E-state index in [4.69, 9.17) is 16.0 Å². The molecule has 11 heteroatoms. The average molecular weight is 472 g/mol. The van der Waals surface area contributed by atoms with E-state index in [1.54, 1.807) is 19.1 Å². The van der Waals surface area contributed by atoms with Gasteiger partial charge in [0.25, 0.3) is 0 Å². The molecular weight excluding hydrogens is 455 g/mol. The highest BCUT2D eigenvalue weighted by molar-refractivity contribution is 7.89. The second-order valence-corrected chi connectivity index (χ2v) is 8.60. The number of nitrogens with zero attached hydrogens (tertiary/aromatic N) is 1. The molecule has 0 saturated carbocycles. The number of rotatable bonds is 7. The summed E-state index contributed by atoms with van der Waals surface area (Å²) >= 11 is 5.93. The van der Waals surface area contributed by atoms with Crippen molar-refractivity contribution in [2.45, 2.75) is 24.5 Å². The number of sulfonamides is 1. The van der Waals surface area contributed by atoms with Crippen LogP contribution >= 0.6 is 11.6 Å². The molecule has 1 aromatic heterocycles. The number of alkyl halides is 3. The summed E-state index contributed by atoms with van der Waals surface area (Å²) in [6, 6.07) is 12.0. The third-order valence-corrected chi connectivity index (χ3v) is 5.98. The lowest BCUT2D eigenvalue weighted by molar-refractivity contribution is -0.137. The molecule has 3 aromatic rings. The van der Waals surface area contributed by atoms with Crippen LogP contribution in [0.2, 0.25) is 5.02 Å². The van der Waals surface area contributed by atoms with Crippen LogP contribution in [0, 0.1) is 0 Å². The van der Waals surface area contributed by atoms with Crippen molar-refractivity contribution in [1.82, 2.24) is 4.72 Å². The Bertz CT molecular complexity index is 1180. The van der Waals surface area contributed by atoms with Gasteiger partial charge in [-0.05, 0) is 55.0 Å². The minimum Gasteiger partial charge on any atom is -0.468 e. The summed E-state index contributed by atoms with van der Waals surface area (Å²) < 4.78 is 70.9. The van der Waals surface area contributed by atoms with Crippen LogP contribution < -0.4 is 10.1 Å². The first-order valence-corrected chi connectivity index (χ1v) is 10.7. The van der Waals surface area contributed by atoms with Crippen LogP contribution in [0.3, 0.4) is 0 Å². The highest BCUT2D eigenvalue weighted by Crippen LogP contribution is 2.33. The molecule has 0 bridgehead atoms. The van der Waals surface area contributed by atoms with E-state index in [1.807, 2.05) is 0 Å². The minimum atomic E-state index is -4.51. The van der Waals surface area contributed by atoms with Crippen molar-refractivity contribution in [1.29, 1.82) is 0 Å². The molecule has 0 spiro atoms. The molecule has 0 amide bonds. The van der Waals surface area contributed by atoms with Crippen molar-refractivity contribution in [3.8, 4) is 0 Å². The van der Waals surface area contributed by atoms with E-state index in [2.05, 4.69) is 15.2 Å². The Labute approximate surface area is 181 Å². The van der Waals surface area contributed by atoms with Crippen molar-refractivity contribution in [2.24, 2.45) is 5.10 Å². The lowest BCUT2D eigenvalue weighted by atomic mass is 10.1. The maximum Gasteiger partial charge on any atom is 0.416 e. The first-order valence-electron chi connectivity index (χ1n) is 8.86. The predicted octanol–water partition coefficient (Wildman–Crippen LogP) is 5.27. The standard InChI is InChI=1S/C20H17ClF3N3O3S/c1-13(26-27-19-11-15(20(22,23)24)6-9-18(19)21)14-4-7-17(8-5-14)31(28,29)25-12-16-3-2-10-30-16/h2-11,25,27H,12H2,1H3. The largest absolute Gasteiger partial charge is 0.468 e. The van der Waals surface area contributed by atoms with Gasteiger partial charge in [-0.25, -0.2) is 13.1 Å². The summed E-state index contributed by atoms with van der Waals surface area (Å²) in [6.07, 6.45) is -3.06. The fourth-order valence-corrected chi connectivity index (χ4v) is 3.69. The first-order chi connectivity index (χ1) is 14.6. The van der Waals surface area contributed by atoms with E-state index in [-0.39, 0.29) is 22.2 Å². The number of halogens is 4. The molecule has 0 aliphatic heterocycles. The van der Waals surface area contributed by atoms with Crippen LogP contribution in [-0.4, -0.2) is 14.1 Å². The molecule has 2 aromatic carbocycles. The summed E-state index contributed by atoms with van der Waals surface area (Å²) in [5.41, 5.74) is 2.65. The Kier molecular flexibility index (Phi) is 6.73. The molecular formula is C20H17ClF3N3O3S. The van der Waals surface area contributed by atoms with Crippen molar-refractivity contribution in [3.05, 3.63) is 82.8 Å². The molecule has 164 valence electrons. The van der Waals surface area contributed by atoms with Crippen LogP contribution in [0.5, 0.6) is 0 Å². The van der Waals surface area contributed by atoms with Gasteiger partial charge in [-0.1, -0.05) is 23.7 Å². The molecule has 6 nitrogen and oxygen atoms in total. The maximum atomic E-state index is 12.9. The second kappa shape index (κ2) is 9.13. The molecule has 0 unspecified atom stereocenters. The molecule has 0 aliphatic carbocycles. The van der Waals surface area contributed by atoms with Gasteiger partial charge in [-0.3, -0.25) is 5.43 Å². The Morgan fingerprint density at radius 1 is 1.13 bits per heavy atom. The minimum absolute atomic E-state index is 0.00262. The molecule has 0 fully saturated rings. The SMILES string of the molecule is CC(=NNc1cc(C(F)(F)F)ccc1Cl)c1ccc(S(=O)(=O)NCc2ccco2)cc1. The van der Waals surface area contributed by atoms with Crippen molar-refractivity contribution in [3.63, 3.8) is 0 Å². The van der Waals surface area contributed by atoms with Gasteiger partial charge >= 0.3 is 6.18 Å². The van der Waals surface area contributed by atoms with Crippen molar-refractivity contribution < 1.29 is 26.0 Å². The van der Waals surface area contributed by atoms with E-state index >= 15 is 0 Å². The monoisotopic (exact) mass is 471 g/mol. The third-order valence-electron chi connectivity index (χ3n) is 4.24. The fourth-order valence-electron chi connectivity index (χ4n) is 2.53. The summed E-state index contributed by atoms with van der Waals surface area (Å²) in [6.45, 7) is 1.63.